The number of fused-ring (bicyclic) bond motifs is 1. The monoisotopic (exact) mass is 259 g/mol. The van der Waals surface area contributed by atoms with E-state index in [0.29, 0.717) is 5.56 Å². The van der Waals surface area contributed by atoms with Crippen LogP contribution in [0.3, 0.4) is 0 Å². The van der Waals surface area contributed by atoms with Crippen LogP contribution >= 0.6 is 0 Å². The van der Waals surface area contributed by atoms with Gasteiger partial charge in [0.05, 0.1) is 5.56 Å². The molecule has 0 amide bonds. The van der Waals surface area contributed by atoms with Crippen molar-refractivity contribution in [3.63, 3.8) is 0 Å². The lowest BCUT2D eigenvalue weighted by atomic mass is 9.97. The molecule has 1 N–H and O–H groups in total. The average molecular weight is 259 g/mol. The highest BCUT2D eigenvalue weighted by Gasteiger charge is 2.23. The zero-order chi connectivity index (χ0) is 13.2. The van der Waals surface area contributed by atoms with E-state index in [9.17, 15) is 4.79 Å². The largest absolute Gasteiger partial charge is 0.478 e. The third-order valence-corrected chi connectivity index (χ3v) is 4.49. The summed E-state index contributed by atoms with van der Waals surface area (Å²) in [6.45, 7) is 2.27. The summed E-state index contributed by atoms with van der Waals surface area (Å²) >= 11 is 0. The van der Waals surface area contributed by atoms with Crippen molar-refractivity contribution in [1.29, 1.82) is 0 Å². The highest BCUT2D eigenvalue weighted by atomic mass is 16.4. The van der Waals surface area contributed by atoms with Gasteiger partial charge in [0, 0.05) is 18.8 Å². The molecule has 0 atom stereocenters. The molecule has 1 aromatic rings. The number of carboxylic acids is 1. The first-order valence-electron chi connectivity index (χ1n) is 7.35. The molecule has 1 saturated carbocycles. The first-order valence-corrected chi connectivity index (χ1v) is 7.35. The van der Waals surface area contributed by atoms with Crippen molar-refractivity contribution in [2.45, 2.75) is 38.5 Å². The van der Waals surface area contributed by atoms with Crippen molar-refractivity contribution in [2.24, 2.45) is 5.92 Å². The summed E-state index contributed by atoms with van der Waals surface area (Å²) in [5.74, 6) is 0.0146. The molecule has 0 unspecified atom stereocenters. The van der Waals surface area contributed by atoms with Crippen molar-refractivity contribution < 1.29 is 9.90 Å². The number of anilines is 1. The van der Waals surface area contributed by atoms with Crippen LogP contribution < -0.4 is 4.90 Å². The Balaban J connectivity index is 1.81. The van der Waals surface area contributed by atoms with E-state index in [1.165, 1.54) is 36.9 Å². The minimum absolute atomic E-state index is 0.418. The summed E-state index contributed by atoms with van der Waals surface area (Å²) in [5.41, 5.74) is 2.90. The molecule has 1 fully saturated rings. The molecule has 1 aromatic carbocycles. The molecule has 1 aliphatic carbocycles. The lowest BCUT2D eigenvalue weighted by Crippen LogP contribution is -2.33. The van der Waals surface area contributed by atoms with Gasteiger partial charge in [0.2, 0.25) is 0 Å². The molecule has 1 heterocycles. The number of nitrogens with zero attached hydrogens (tertiary/aromatic N) is 1. The fourth-order valence-corrected chi connectivity index (χ4v) is 3.50. The Bertz CT molecular complexity index is 478. The zero-order valence-corrected chi connectivity index (χ0v) is 11.3. The highest BCUT2D eigenvalue weighted by molar-refractivity contribution is 5.88. The number of benzene rings is 1. The predicted molar refractivity (Wildman–Crippen MR) is 75.9 cm³/mol. The van der Waals surface area contributed by atoms with Gasteiger partial charge in [-0.25, -0.2) is 4.79 Å². The number of hydrogen-bond donors (Lipinski definition) is 1. The molecule has 0 radical (unpaired) electrons. The van der Waals surface area contributed by atoms with Crippen LogP contribution in [0.1, 0.15) is 48.0 Å². The van der Waals surface area contributed by atoms with Crippen molar-refractivity contribution in [3.05, 3.63) is 29.3 Å². The second-order valence-electron chi connectivity index (χ2n) is 5.85. The first-order chi connectivity index (χ1) is 9.24. The first kappa shape index (κ1) is 12.5. The molecule has 102 valence electrons. The summed E-state index contributed by atoms with van der Waals surface area (Å²) in [5, 5.41) is 9.07. The van der Waals surface area contributed by atoms with Crippen LogP contribution in [-0.4, -0.2) is 24.2 Å². The maximum atomic E-state index is 11.0. The zero-order valence-electron chi connectivity index (χ0n) is 11.3. The van der Waals surface area contributed by atoms with E-state index < -0.39 is 5.97 Å². The van der Waals surface area contributed by atoms with Crippen LogP contribution in [0.15, 0.2) is 18.2 Å². The number of carbonyl (C=O) groups is 1. The minimum Gasteiger partial charge on any atom is -0.478 e. The second kappa shape index (κ2) is 5.24. The normalized spacial score (nSPS) is 19.5. The number of aryl methyl sites for hydroxylation is 1. The van der Waals surface area contributed by atoms with Crippen LogP contribution in [0.2, 0.25) is 0 Å². The Kier molecular flexibility index (Phi) is 3.45. The van der Waals surface area contributed by atoms with Gasteiger partial charge in [-0.2, -0.15) is 0 Å². The minimum atomic E-state index is -0.823. The Morgan fingerprint density at radius 2 is 2.05 bits per heavy atom. The fraction of sp³-hybridized carbons (Fsp3) is 0.562. The number of aromatic carboxylic acids is 1. The Labute approximate surface area is 114 Å². The van der Waals surface area contributed by atoms with Gasteiger partial charge >= 0.3 is 5.97 Å². The highest BCUT2D eigenvalue weighted by Crippen LogP contribution is 2.32. The summed E-state index contributed by atoms with van der Waals surface area (Å²) in [4.78, 5) is 13.5. The van der Waals surface area contributed by atoms with Crippen LogP contribution in [0, 0.1) is 5.92 Å². The molecule has 0 spiro atoms. The standard InChI is InChI=1S/C16H21NO2/c18-16(19)14-7-8-15-13(10-14)6-3-9-17(15)11-12-4-1-2-5-12/h7-8,10,12H,1-6,9,11H2,(H,18,19). The van der Waals surface area contributed by atoms with Crippen molar-refractivity contribution >= 4 is 11.7 Å². The Morgan fingerprint density at radius 1 is 1.26 bits per heavy atom. The quantitative estimate of drug-likeness (QED) is 0.905. The maximum absolute atomic E-state index is 11.0. The Morgan fingerprint density at radius 3 is 2.79 bits per heavy atom. The molecule has 19 heavy (non-hydrogen) atoms. The van der Waals surface area contributed by atoms with Gasteiger partial charge in [-0.3, -0.25) is 0 Å². The fourth-order valence-electron chi connectivity index (χ4n) is 3.50. The molecule has 0 saturated heterocycles. The lowest BCUT2D eigenvalue weighted by Gasteiger charge is -2.33. The van der Waals surface area contributed by atoms with Gasteiger partial charge in [0.15, 0.2) is 0 Å². The second-order valence-corrected chi connectivity index (χ2v) is 5.85. The van der Waals surface area contributed by atoms with E-state index in [0.717, 1.165) is 31.8 Å². The molecular weight excluding hydrogens is 238 g/mol. The van der Waals surface area contributed by atoms with Crippen molar-refractivity contribution in [3.8, 4) is 0 Å². The third kappa shape index (κ3) is 2.60. The van der Waals surface area contributed by atoms with Crippen LogP contribution in [0.4, 0.5) is 5.69 Å². The van der Waals surface area contributed by atoms with E-state index >= 15 is 0 Å². The van der Waals surface area contributed by atoms with Crippen molar-refractivity contribution in [2.75, 3.05) is 18.0 Å². The summed E-state index contributed by atoms with van der Waals surface area (Å²) < 4.78 is 0. The molecule has 3 nitrogen and oxygen atoms in total. The molecule has 3 rings (SSSR count). The maximum Gasteiger partial charge on any atom is 0.335 e. The smallest absolute Gasteiger partial charge is 0.335 e. The van der Waals surface area contributed by atoms with E-state index in [2.05, 4.69) is 4.90 Å². The van der Waals surface area contributed by atoms with E-state index in [-0.39, 0.29) is 0 Å². The number of rotatable bonds is 3. The Hall–Kier alpha value is -1.51. The van der Waals surface area contributed by atoms with E-state index in [1.54, 1.807) is 6.07 Å². The molecule has 0 bridgehead atoms. The van der Waals surface area contributed by atoms with Gasteiger partial charge in [-0.1, -0.05) is 12.8 Å². The molecule has 0 aromatic heterocycles. The van der Waals surface area contributed by atoms with Crippen LogP contribution in [0.25, 0.3) is 0 Å². The molecule has 2 aliphatic rings. The lowest BCUT2D eigenvalue weighted by molar-refractivity contribution is 0.0697. The molecular formula is C16H21NO2. The molecule has 3 heteroatoms. The van der Waals surface area contributed by atoms with Gasteiger partial charge in [-0.15, -0.1) is 0 Å². The number of carboxylic acid groups (broad SMARTS) is 1. The topological polar surface area (TPSA) is 40.5 Å². The van der Waals surface area contributed by atoms with E-state index in [1.807, 2.05) is 12.1 Å². The third-order valence-electron chi connectivity index (χ3n) is 4.49. The molecule has 1 aliphatic heterocycles. The van der Waals surface area contributed by atoms with Gasteiger partial charge in [0.1, 0.15) is 0 Å². The number of hydrogen-bond acceptors (Lipinski definition) is 2. The van der Waals surface area contributed by atoms with Crippen molar-refractivity contribution in [1.82, 2.24) is 0 Å². The summed E-state index contributed by atoms with van der Waals surface area (Å²) in [6, 6.07) is 5.61. The average Bonchev–Trinajstić information content (AvgIpc) is 2.91. The van der Waals surface area contributed by atoms with Crippen LogP contribution in [-0.2, 0) is 6.42 Å². The van der Waals surface area contributed by atoms with Crippen LogP contribution in [0.5, 0.6) is 0 Å². The van der Waals surface area contributed by atoms with Gasteiger partial charge < -0.3 is 10.0 Å². The van der Waals surface area contributed by atoms with E-state index in [4.69, 9.17) is 5.11 Å². The van der Waals surface area contributed by atoms with Gasteiger partial charge in [-0.05, 0) is 55.4 Å². The summed E-state index contributed by atoms with van der Waals surface area (Å²) in [6.07, 6.45) is 7.63. The predicted octanol–water partition coefficient (Wildman–Crippen LogP) is 3.33. The van der Waals surface area contributed by atoms with Gasteiger partial charge in [0.25, 0.3) is 0 Å². The SMILES string of the molecule is O=C(O)c1ccc2c(c1)CCCN2CC1CCCC1. The summed E-state index contributed by atoms with van der Waals surface area (Å²) in [7, 11) is 0.